The van der Waals surface area contributed by atoms with Gasteiger partial charge in [-0.3, -0.25) is 5.32 Å². The Balaban J connectivity index is 1.86. The second-order valence-corrected chi connectivity index (χ2v) is 5.42. The lowest BCUT2D eigenvalue weighted by molar-refractivity contribution is 0.264. The molecule has 1 unspecified atom stereocenters. The van der Waals surface area contributed by atoms with Gasteiger partial charge in [0.2, 0.25) is 0 Å². The third-order valence-corrected chi connectivity index (χ3v) is 3.56. The third-order valence-electron chi connectivity index (χ3n) is 3.56. The van der Waals surface area contributed by atoms with Gasteiger partial charge in [-0.2, -0.15) is 5.26 Å². The molecule has 1 atom stereocenters. The first-order valence-corrected chi connectivity index (χ1v) is 7.06. The van der Waals surface area contributed by atoms with E-state index in [1.807, 2.05) is 25.1 Å². The largest absolute Gasteiger partial charge is 0.493 e. The Morgan fingerprint density at radius 2 is 2.16 bits per heavy atom. The molecule has 1 saturated carbocycles. The van der Waals surface area contributed by atoms with Crippen molar-refractivity contribution in [3.05, 3.63) is 29.8 Å². The molecule has 102 valence electrons. The van der Waals surface area contributed by atoms with Crippen LogP contribution in [0.3, 0.4) is 0 Å². The van der Waals surface area contributed by atoms with E-state index >= 15 is 0 Å². The van der Waals surface area contributed by atoms with Gasteiger partial charge < -0.3 is 4.74 Å². The van der Waals surface area contributed by atoms with Gasteiger partial charge in [-0.25, -0.2) is 0 Å². The normalized spacial score (nSPS) is 17.5. The second-order valence-electron chi connectivity index (χ2n) is 5.42. The van der Waals surface area contributed by atoms with E-state index in [1.54, 1.807) is 0 Å². The highest BCUT2D eigenvalue weighted by atomic mass is 16.5. The first-order valence-electron chi connectivity index (χ1n) is 7.06. The predicted molar refractivity (Wildman–Crippen MR) is 76.1 cm³/mol. The highest BCUT2D eigenvalue weighted by Gasteiger charge is 2.32. The van der Waals surface area contributed by atoms with Gasteiger partial charge in [-0.05, 0) is 37.8 Å². The van der Waals surface area contributed by atoms with Crippen LogP contribution in [-0.2, 0) is 6.42 Å². The van der Waals surface area contributed by atoms with Crippen molar-refractivity contribution in [3.8, 4) is 11.8 Å². The molecule has 1 aromatic carbocycles. The van der Waals surface area contributed by atoms with Crippen LogP contribution >= 0.6 is 0 Å². The summed E-state index contributed by atoms with van der Waals surface area (Å²) in [6.07, 6.45) is 4.05. The summed E-state index contributed by atoms with van der Waals surface area (Å²) in [4.78, 5) is 0. The van der Waals surface area contributed by atoms with Crippen molar-refractivity contribution in [2.45, 2.75) is 51.1 Å². The van der Waals surface area contributed by atoms with E-state index in [1.165, 1.54) is 18.4 Å². The molecular weight excluding hydrogens is 236 g/mol. The van der Waals surface area contributed by atoms with Crippen LogP contribution in [0.15, 0.2) is 24.3 Å². The Hall–Kier alpha value is -1.53. The van der Waals surface area contributed by atoms with Crippen LogP contribution in [0.1, 0.15) is 38.7 Å². The minimum Gasteiger partial charge on any atom is -0.493 e. The highest BCUT2D eigenvalue weighted by Crippen LogP contribution is 2.24. The number of hydrogen-bond donors (Lipinski definition) is 1. The predicted octanol–water partition coefficient (Wildman–Crippen LogP) is 3.05. The van der Waals surface area contributed by atoms with Gasteiger partial charge in [0, 0.05) is 12.5 Å². The molecule has 3 heteroatoms. The van der Waals surface area contributed by atoms with E-state index in [2.05, 4.69) is 24.4 Å². The van der Waals surface area contributed by atoms with Crippen LogP contribution in [-0.4, -0.2) is 18.2 Å². The summed E-state index contributed by atoms with van der Waals surface area (Å²) < 4.78 is 5.84. The average molecular weight is 258 g/mol. The first kappa shape index (κ1) is 13.9. The quantitative estimate of drug-likeness (QED) is 0.817. The summed E-state index contributed by atoms with van der Waals surface area (Å²) in [6, 6.07) is 11.0. The zero-order chi connectivity index (χ0) is 13.7. The maximum atomic E-state index is 9.29. The van der Waals surface area contributed by atoms with E-state index < -0.39 is 5.54 Å². The lowest BCUT2D eigenvalue weighted by Gasteiger charge is -2.23. The van der Waals surface area contributed by atoms with Crippen molar-refractivity contribution in [2.24, 2.45) is 0 Å². The van der Waals surface area contributed by atoms with Crippen LogP contribution in [0.4, 0.5) is 0 Å². The third kappa shape index (κ3) is 3.97. The maximum Gasteiger partial charge on any atom is 0.122 e. The monoisotopic (exact) mass is 258 g/mol. The molecule has 1 aliphatic rings. The van der Waals surface area contributed by atoms with Crippen molar-refractivity contribution in [3.63, 3.8) is 0 Å². The topological polar surface area (TPSA) is 45.0 Å². The number of aryl methyl sites for hydroxylation is 1. The minimum absolute atomic E-state index is 0.470. The van der Waals surface area contributed by atoms with Crippen molar-refractivity contribution in [1.82, 2.24) is 5.32 Å². The fourth-order valence-corrected chi connectivity index (χ4v) is 2.14. The minimum atomic E-state index is -0.470. The SMILES string of the molecule is CCc1ccccc1OCCC(C)(C#N)NC1CC1. The van der Waals surface area contributed by atoms with Gasteiger partial charge >= 0.3 is 0 Å². The number of benzene rings is 1. The fraction of sp³-hybridized carbons (Fsp3) is 0.562. The molecule has 0 amide bonds. The average Bonchev–Trinajstić information content (AvgIpc) is 3.23. The number of nitrogens with zero attached hydrogens (tertiary/aromatic N) is 1. The standard InChI is InChI=1S/C16H22N2O/c1-3-13-6-4-5-7-15(13)19-11-10-16(2,12-17)18-14-8-9-14/h4-7,14,18H,3,8-11H2,1-2H3. The van der Waals surface area contributed by atoms with Crippen molar-refractivity contribution >= 4 is 0 Å². The summed E-state index contributed by atoms with van der Waals surface area (Å²) in [6.45, 7) is 4.65. The number of rotatable bonds is 7. The van der Waals surface area contributed by atoms with Crippen LogP contribution in [0.5, 0.6) is 5.75 Å². The van der Waals surface area contributed by atoms with Gasteiger partial charge in [-0.1, -0.05) is 25.1 Å². The molecule has 0 aliphatic heterocycles. The molecular formula is C16H22N2O. The summed E-state index contributed by atoms with van der Waals surface area (Å²) in [7, 11) is 0. The zero-order valence-corrected chi connectivity index (χ0v) is 11.8. The van der Waals surface area contributed by atoms with E-state index in [4.69, 9.17) is 4.74 Å². The first-order chi connectivity index (χ1) is 9.17. The molecule has 0 radical (unpaired) electrons. The molecule has 3 nitrogen and oxygen atoms in total. The van der Waals surface area contributed by atoms with Gasteiger partial charge in [-0.15, -0.1) is 0 Å². The molecule has 0 saturated heterocycles. The molecule has 1 N–H and O–H groups in total. The Morgan fingerprint density at radius 3 is 2.79 bits per heavy atom. The molecule has 1 aliphatic carbocycles. The molecule has 0 heterocycles. The molecule has 2 rings (SSSR count). The Bertz CT molecular complexity index is 462. The number of nitrogens with one attached hydrogen (secondary N) is 1. The zero-order valence-electron chi connectivity index (χ0n) is 11.8. The lowest BCUT2D eigenvalue weighted by Crippen LogP contribution is -2.43. The van der Waals surface area contributed by atoms with E-state index in [9.17, 15) is 5.26 Å². The van der Waals surface area contributed by atoms with Crippen LogP contribution in [0.25, 0.3) is 0 Å². The number of nitriles is 1. The highest BCUT2D eigenvalue weighted by molar-refractivity contribution is 5.33. The van der Waals surface area contributed by atoms with Crippen LogP contribution in [0.2, 0.25) is 0 Å². The smallest absolute Gasteiger partial charge is 0.122 e. The lowest BCUT2D eigenvalue weighted by atomic mass is 10.0. The summed E-state index contributed by atoms with van der Waals surface area (Å²) in [5.41, 5.74) is 0.749. The number of hydrogen-bond acceptors (Lipinski definition) is 3. The Kier molecular flexibility index (Phi) is 4.44. The van der Waals surface area contributed by atoms with Gasteiger partial charge in [0.25, 0.3) is 0 Å². The molecule has 0 spiro atoms. The molecule has 1 aromatic rings. The Morgan fingerprint density at radius 1 is 1.42 bits per heavy atom. The van der Waals surface area contributed by atoms with Gasteiger partial charge in [0.05, 0.1) is 12.7 Å². The van der Waals surface area contributed by atoms with E-state index in [-0.39, 0.29) is 0 Å². The maximum absolute atomic E-state index is 9.29. The fourth-order valence-electron chi connectivity index (χ4n) is 2.14. The molecule has 0 aromatic heterocycles. The number of para-hydroxylation sites is 1. The van der Waals surface area contributed by atoms with Crippen molar-refractivity contribution in [2.75, 3.05) is 6.61 Å². The summed E-state index contributed by atoms with van der Waals surface area (Å²) >= 11 is 0. The van der Waals surface area contributed by atoms with Crippen LogP contribution < -0.4 is 10.1 Å². The van der Waals surface area contributed by atoms with Gasteiger partial charge in [0.15, 0.2) is 0 Å². The molecule has 0 bridgehead atoms. The van der Waals surface area contributed by atoms with Crippen LogP contribution in [0, 0.1) is 11.3 Å². The summed E-state index contributed by atoms with van der Waals surface area (Å²) in [5, 5.41) is 12.7. The summed E-state index contributed by atoms with van der Waals surface area (Å²) in [5.74, 6) is 0.941. The molecule has 1 fully saturated rings. The van der Waals surface area contributed by atoms with Crippen molar-refractivity contribution < 1.29 is 4.74 Å². The van der Waals surface area contributed by atoms with Gasteiger partial charge in [0.1, 0.15) is 11.3 Å². The number of ether oxygens (including phenoxy) is 1. The van der Waals surface area contributed by atoms with E-state index in [0.717, 1.165) is 12.2 Å². The Labute approximate surface area is 115 Å². The molecule has 19 heavy (non-hydrogen) atoms. The second kappa shape index (κ2) is 6.08. The van der Waals surface area contributed by atoms with Crippen molar-refractivity contribution in [1.29, 1.82) is 5.26 Å². The van der Waals surface area contributed by atoms with E-state index in [0.29, 0.717) is 19.1 Å².